The molecule has 0 aromatic heterocycles. The summed E-state index contributed by atoms with van der Waals surface area (Å²) in [5, 5.41) is 3.45. The van der Waals surface area contributed by atoms with Crippen molar-refractivity contribution in [3.8, 4) is 0 Å². The number of ether oxygens (including phenoxy) is 1. The number of hydrogen-bond acceptors (Lipinski definition) is 2. The molecule has 0 saturated carbocycles. The SMILES string of the molecule is CCC(CC)O[C@@H]1C=CC[C@H]2N[C@H]21. The third-order valence-corrected chi connectivity index (χ3v) is 3.06. The minimum absolute atomic E-state index is 0.337. The van der Waals surface area contributed by atoms with Gasteiger partial charge in [0, 0.05) is 6.04 Å². The van der Waals surface area contributed by atoms with Crippen molar-refractivity contribution in [1.82, 2.24) is 5.32 Å². The molecule has 1 fully saturated rings. The summed E-state index contributed by atoms with van der Waals surface area (Å²) in [5.74, 6) is 0. The fraction of sp³-hybridized carbons (Fsp3) is 0.818. The van der Waals surface area contributed by atoms with Crippen molar-refractivity contribution in [2.45, 2.75) is 57.4 Å². The Labute approximate surface area is 80.4 Å². The van der Waals surface area contributed by atoms with Crippen LogP contribution in [0.1, 0.15) is 33.1 Å². The molecule has 0 radical (unpaired) electrons. The first kappa shape index (κ1) is 9.22. The van der Waals surface area contributed by atoms with Gasteiger partial charge in [-0.2, -0.15) is 0 Å². The van der Waals surface area contributed by atoms with E-state index in [1.807, 2.05) is 0 Å². The molecule has 2 heteroatoms. The molecule has 0 aromatic rings. The van der Waals surface area contributed by atoms with Gasteiger partial charge in [-0.3, -0.25) is 0 Å². The lowest BCUT2D eigenvalue weighted by Gasteiger charge is -2.21. The maximum absolute atomic E-state index is 5.99. The zero-order chi connectivity index (χ0) is 9.26. The van der Waals surface area contributed by atoms with Gasteiger partial charge >= 0.3 is 0 Å². The van der Waals surface area contributed by atoms with Crippen LogP contribution in [-0.2, 0) is 4.74 Å². The van der Waals surface area contributed by atoms with Gasteiger partial charge in [0.25, 0.3) is 0 Å². The van der Waals surface area contributed by atoms with Gasteiger partial charge in [0.1, 0.15) is 0 Å². The minimum atomic E-state index is 0.337. The second kappa shape index (κ2) is 3.81. The summed E-state index contributed by atoms with van der Waals surface area (Å²) < 4.78 is 5.99. The smallest absolute Gasteiger partial charge is 0.0927 e. The average molecular weight is 181 g/mol. The molecule has 2 nitrogen and oxygen atoms in total. The Morgan fingerprint density at radius 1 is 1.46 bits per heavy atom. The predicted molar refractivity (Wildman–Crippen MR) is 53.7 cm³/mol. The third-order valence-electron chi connectivity index (χ3n) is 3.06. The Morgan fingerprint density at radius 2 is 2.23 bits per heavy atom. The molecular weight excluding hydrogens is 162 g/mol. The summed E-state index contributed by atoms with van der Waals surface area (Å²) in [5.41, 5.74) is 0. The number of rotatable bonds is 4. The second-order valence-electron chi connectivity index (χ2n) is 4.00. The van der Waals surface area contributed by atoms with Crippen molar-refractivity contribution in [1.29, 1.82) is 0 Å². The lowest BCUT2D eigenvalue weighted by atomic mass is 10.0. The zero-order valence-corrected chi connectivity index (χ0v) is 8.49. The summed E-state index contributed by atoms with van der Waals surface area (Å²) in [6.45, 7) is 4.39. The van der Waals surface area contributed by atoms with Crippen molar-refractivity contribution >= 4 is 0 Å². The van der Waals surface area contributed by atoms with Crippen LogP contribution in [0.3, 0.4) is 0 Å². The van der Waals surface area contributed by atoms with Crippen LogP contribution in [0, 0.1) is 0 Å². The molecule has 1 saturated heterocycles. The first-order valence-electron chi connectivity index (χ1n) is 5.43. The highest BCUT2D eigenvalue weighted by molar-refractivity contribution is 5.17. The van der Waals surface area contributed by atoms with Gasteiger partial charge in [0.05, 0.1) is 18.2 Å². The molecule has 0 bridgehead atoms. The number of hydrogen-bond donors (Lipinski definition) is 1. The van der Waals surface area contributed by atoms with Gasteiger partial charge in [0.15, 0.2) is 0 Å². The van der Waals surface area contributed by atoms with Crippen LogP contribution in [0.15, 0.2) is 12.2 Å². The lowest BCUT2D eigenvalue weighted by Crippen LogP contribution is -2.27. The number of fused-ring (bicyclic) bond motifs is 1. The van der Waals surface area contributed by atoms with E-state index in [9.17, 15) is 0 Å². The van der Waals surface area contributed by atoms with E-state index in [2.05, 4.69) is 31.3 Å². The summed E-state index contributed by atoms with van der Waals surface area (Å²) in [6.07, 6.45) is 8.68. The minimum Gasteiger partial charge on any atom is -0.369 e. The highest BCUT2D eigenvalue weighted by Gasteiger charge is 2.43. The zero-order valence-electron chi connectivity index (χ0n) is 8.49. The fourth-order valence-electron chi connectivity index (χ4n) is 2.04. The molecule has 0 unspecified atom stereocenters. The van der Waals surface area contributed by atoms with E-state index in [4.69, 9.17) is 4.74 Å². The quantitative estimate of drug-likeness (QED) is 0.530. The first-order valence-corrected chi connectivity index (χ1v) is 5.43. The Bertz CT molecular complexity index is 198. The van der Waals surface area contributed by atoms with Crippen LogP contribution in [0.4, 0.5) is 0 Å². The molecule has 3 atom stereocenters. The topological polar surface area (TPSA) is 31.2 Å². The summed E-state index contributed by atoms with van der Waals surface area (Å²) in [6, 6.07) is 1.33. The Morgan fingerprint density at radius 3 is 2.92 bits per heavy atom. The van der Waals surface area contributed by atoms with Crippen LogP contribution in [0.25, 0.3) is 0 Å². The Balaban J connectivity index is 1.86. The van der Waals surface area contributed by atoms with Gasteiger partial charge in [-0.15, -0.1) is 0 Å². The largest absolute Gasteiger partial charge is 0.369 e. The van der Waals surface area contributed by atoms with Gasteiger partial charge in [-0.05, 0) is 19.3 Å². The molecule has 1 N–H and O–H groups in total. The van der Waals surface area contributed by atoms with E-state index in [1.54, 1.807) is 0 Å². The van der Waals surface area contributed by atoms with Crippen LogP contribution in [-0.4, -0.2) is 24.3 Å². The maximum atomic E-state index is 5.99. The number of nitrogens with one attached hydrogen (secondary N) is 1. The van der Waals surface area contributed by atoms with Crippen molar-refractivity contribution in [2.24, 2.45) is 0 Å². The highest BCUT2D eigenvalue weighted by atomic mass is 16.5. The Kier molecular flexibility index (Phi) is 2.70. The van der Waals surface area contributed by atoms with Gasteiger partial charge < -0.3 is 10.1 Å². The second-order valence-corrected chi connectivity index (χ2v) is 4.00. The molecule has 2 rings (SSSR count). The molecule has 13 heavy (non-hydrogen) atoms. The maximum Gasteiger partial charge on any atom is 0.0927 e. The van der Waals surface area contributed by atoms with Crippen LogP contribution in [0.2, 0.25) is 0 Å². The molecule has 0 aromatic carbocycles. The van der Waals surface area contributed by atoms with Crippen LogP contribution < -0.4 is 5.32 Å². The van der Waals surface area contributed by atoms with E-state index in [-0.39, 0.29) is 0 Å². The van der Waals surface area contributed by atoms with E-state index in [0.717, 1.165) is 12.8 Å². The lowest BCUT2D eigenvalue weighted by molar-refractivity contribution is 0.00672. The normalized spacial score (nSPS) is 36.4. The first-order chi connectivity index (χ1) is 6.35. The van der Waals surface area contributed by atoms with Crippen LogP contribution >= 0.6 is 0 Å². The van der Waals surface area contributed by atoms with E-state index < -0.39 is 0 Å². The van der Waals surface area contributed by atoms with Crippen molar-refractivity contribution in [3.63, 3.8) is 0 Å². The summed E-state index contributed by atoms with van der Waals surface area (Å²) in [7, 11) is 0. The molecular formula is C11H19NO. The fourth-order valence-corrected chi connectivity index (χ4v) is 2.04. The summed E-state index contributed by atoms with van der Waals surface area (Å²) >= 11 is 0. The third kappa shape index (κ3) is 1.94. The molecule has 1 aliphatic heterocycles. The molecule has 1 heterocycles. The molecule has 2 aliphatic rings. The van der Waals surface area contributed by atoms with Crippen molar-refractivity contribution < 1.29 is 4.74 Å². The predicted octanol–water partition coefficient (Wildman–Crippen LogP) is 1.86. The molecule has 1 aliphatic carbocycles. The molecule has 74 valence electrons. The standard InChI is InChI=1S/C11H19NO/c1-3-8(4-2)13-10-7-5-6-9-11(10)12-9/h5,7-12H,3-4,6H2,1-2H3/t9-,10-,11-/m1/s1. The van der Waals surface area contributed by atoms with Crippen LogP contribution in [0.5, 0.6) is 0 Å². The summed E-state index contributed by atoms with van der Waals surface area (Å²) in [4.78, 5) is 0. The highest BCUT2D eigenvalue weighted by Crippen LogP contribution is 2.28. The average Bonchev–Trinajstić information content (AvgIpc) is 2.93. The molecule has 0 spiro atoms. The van der Waals surface area contributed by atoms with Crippen molar-refractivity contribution in [3.05, 3.63) is 12.2 Å². The van der Waals surface area contributed by atoms with E-state index in [1.165, 1.54) is 6.42 Å². The molecule has 0 amide bonds. The van der Waals surface area contributed by atoms with Crippen molar-refractivity contribution in [2.75, 3.05) is 0 Å². The Hall–Kier alpha value is -0.340. The van der Waals surface area contributed by atoms with Gasteiger partial charge in [0.2, 0.25) is 0 Å². The van der Waals surface area contributed by atoms with Gasteiger partial charge in [-0.1, -0.05) is 26.0 Å². The monoisotopic (exact) mass is 181 g/mol. The van der Waals surface area contributed by atoms with Gasteiger partial charge in [-0.25, -0.2) is 0 Å². The van der Waals surface area contributed by atoms with E-state index >= 15 is 0 Å². The van der Waals surface area contributed by atoms with E-state index in [0.29, 0.717) is 24.3 Å².